The third kappa shape index (κ3) is 3.70. The zero-order valence-corrected chi connectivity index (χ0v) is 13.0. The Labute approximate surface area is 126 Å². The number of nitrogens with one attached hydrogen (secondary N) is 1. The minimum Gasteiger partial charge on any atom is -0.476 e. The number of carboxylic acids is 1. The molecule has 8 heteroatoms. The number of rotatable bonds is 3. The number of hydrogen-bond donors (Lipinski definition) is 2. The molecule has 7 nitrogen and oxygen atoms in total. The van der Waals surface area contributed by atoms with Gasteiger partial charge in [0.2, 0.25) is 0 Å². The molecular weight excluding hydrogens is 294 g/mol. The van der Waals surface area contributed by atoms with Crippen LogP contribution < -0.4 is 5.32 Å². The van der Waals surface area contributed by atoms with Crippen LogP contribution in [-0.2, 0) is 4.74 Å². The maximum Gasteiger partial charge on any atom is 0.355 e. The first-order valence-electron chi connectivity index (χ1n) is 6.76. The molecule has 2 rings (SSSR count). The van der Waals surface area contributed by atoms with Crippen LogP contribution in [0.1, 0.15) is 42.3 Å². The van der Waals surface area contributed by atoms with Crippen LogP contribution >= 0.6 is 11.3 Å². The Morgan fingerprint density at radius 3 is 2.90 bits per heavy atom. The van der Waals surface area contributed by atoms with E-state index in [4.69, 9.17) is 9.84 Å². The molecule has 0 aliphatic carbocycles. The summed E-state index contributed by atoms with van der Waals surface area (Å²) < 4.78 is 5.49. The number of aromatic carboxylic acids is 1. The molecule has 1 saturated heterocycles. The topological polar surface area (TPSA) is 91.8 Å². The average molecular weight is 313 g/mol. The molecule has 0 saturated carbocycles. The second-order valence-corrected chi connectivity index (χ2v) is 6.08. The Hall–Kier alpha value is -1.67. The number of carbonyl (C=O) groups excluding carboxylic acids is 1. The molecule has 0 bridgehead atoms. The standard InChI is InChI=1S/C13H19N3O4S/c1-7-5-20-8(2)4-16(7)13(19)14-9(3)11-15-10(6-21-11)12(17)18/h6-9H,4-5H2,1-3H3,(H,14,19)(H,17,18). The largest absolute Gasteiger partial charge is 0.476 e. The van der Waals surface area contributed by atoms with Crippen molar-refractivity contribution in [1.29, 1.82) is 0 Å². The van der Waals surface area contributed by atoms with Crippen LogP contribution in [0.3, 0.4) is 0 Å². The molecule has 2 heterocycles. The molecule has 3 atom stereocenters. The van der Waals surface area contributed by atoms with Gasteiger partial charge in [-0.1, -0.05) is 0 Å². The molecule has 0 aromatic carbocycles. The molecule has 3 unspecified atom stereocenters. The molecule has 21 heavy (non-hydrogen) atoms. The lowest BCUT2D eigenvalue weighted by Crippen LogP contribution is -2.53. The van der Waals surface area contributed by atoms with Crippen molar-refractivity contribution in [3.63, 3.8) is 0 Å². The first-order chi connectivity index (χ1) is 9.88. The molecule has 1 aromatic heterocycles. The van der Waals surface area contributed by atoms with Crippen molar-refractivity contribution >= 4 is 23.3 Å². The van der Waals surface area contributed by atoms with Gasteiger partial charge in [0.1, 0.15) is 5.01 Å². The number of urea groups is 1. The minimum atomic E-state index is -1.06. The molecule has 1 aliphatic heterocycles. The van der Waals surface area contributed by atoms with Crippen molar-refractivity contribution in [2.75, 3.05) is 13.2 Å². The fraction of sp³-hybridized carbons (Fsp3) is 0.615. The molecule has 1 fully saturated rings. The zero-order valence-electron chi connectivity index (χ0n) is 12.2. The summed E-state index contributed by atoms with van der Waals surface area (Å²) in [5, 5.41) is 13.8. The first-order valence-corrected chi connectivity index (χ1v) is 7.64. The summed E-state index contributed by atoms with van der Waals surface area (Å²) in [4.78, 5) is 28.9. The van der Waals surface area contributed by atoms with E-state index in [1.54, 1.807) is 11.8 Å². The van der Waals surface area contributed by atoms with E-state index < -0.39 is 5.97 Å². The second kappa shape index (κ2) is 6.40. The number of hydrogen-bond acceptors (Lipinski definition) is 5. The molecule has 1 aliphatic rings. The average Bonchev–Trinajstić information content (AvgIpc) is 2.91. The molecule has 2 N–H and O–H groups in total. The van der Waals surface area contributed by atoms with Crippen molar-refractivity contribution in [2.45, 2.75) is 39.0 Å². The molecular formula is C13H19N3O4S. The smallest absolute Gasteiger partial charge is 0.355 e. The maximum atomic E-state index is 12.3. The molecule has 0 spiro atoms. The Kier molecular flexibility index (Phi) is 4.79. The van der Waals surface area contributed by atoms with Crippen LogP contribution in [0.4, 0.5) is 4.79 Å². The Bertz CT molecular complexity index is 533. The van der Waals surface area contributed by atoms with Gasteiger partial charge in [0, 0.05) is 11.9 Å². The highest BCUT2D eigenvalue weighted by Gasteiger charge is 2.28. The zero-order chi connectivity index (χ0) is 15.6. The van der Waals surface area contributed by atoms with Crippen molar-refractivity contribution in [3.8, 4) is 0 Å². The highest BCUT2D eigenvalue weighted by atomic mass is 32.1. The fourth-order valence-corrected chi connectivity index (χ4v) is 2.90. The molecule has 0 radical (unpaired) electrons. The number of amides is 2. The van der Waals surface area contributed by atoms with E-state index in [-0.39, 0.29) is 29.9 Å². The number of carbonyl (C=O) groups is 2. The minimum absolute atomic E-state index is 0.00413. The summed E-state index contributed by atoms with van der Waals surface area (Å²) in [5.74, 6) is -1.06. The van der Waals surface area contributed by atoms with Crippen molar-refractivity contribution in [1.82, 2.24) is 15.2 Å². The van der Waals surface area contributed by atoms with Crippen LogP contribution in [-0.4, -0.2) is 52.3 Å². The third-order valence-corrected chi connectivity index (χ3v) is 4.35. The van der Waals surface area contributed by atoms with Crippen molar-refractivity contribution in [2.24, 2.45) is 0 Å². The summed E-state index contributed by atoms with van der Waals surface area (Å²) in [6.07, 6.45) is 0.0146. The van der Waals surface area contributed by atoms with E-state index in [1.165, 1.54) is 16.7 Å². The van der Waals surface area contributed by atoms with Gasteiger partial charge in [-0.2, -0.15) is 0 Å². The number of ether oxygens (including phenoxy) is 1. The highest BCUT2D eigenvalue weighted by molar-refractivity contribution is 7.09. The van der Waals surface area contributed by atoms with Crippen LogP contribution in [0.2, 0.25) is 0 Å². The van der Waals surface area contributed by atoms with E-state index in [2.05, 4.69) is 10.3 Å². The van der Waals surface area contributed by atoms with Crippen molar-refractivity contribution in [3.05, 3.63) is 16.1 Å². The van der Waals surface area contributed by atoms with E-state index in [0.717, 1.165) is 0 Å². The van der Waals surface area contributed by atoms with Gasteiger partial charge in [0.05, 0.1) is 24.8 Å². The van der Waals surface area contributed by atoms with E-state index in [0.29, 0.717) is 18.2 Å². The number of aromatic nitrogens is 1. The summed E-state index contributed by atoms with van der Waals surface area (Å²) in [6, 6.07) is -0.502. The van der Waals surface area contributed by atoms with Crippen LogP contribution in [0.25, 0.3) is 0 Å². The van der Waals surface area contributed by atoms with E-state index >= 15 is 0 Å². The second-order valence-electron chi connectivity index (χ2n) is 5.19. The van der Waals surface area contributed by atoms with Gasteiger partial charge in [-0.15, -0.1) is 11.3 Å². The Balaban J connectivity index is 1.99. The lowest BCUT2D eigenvalue weighted by atomic mass is 10.2. The van der Waals surface area contributed by atoms with E-state index in [9.17, 15) is 9.59 Å². The monoisotopic (exact) mass is 313 g/mol. The summed E-state index contributed by atoms with van der Waals surface area (Å²) in [5.41, 5.74) is 0.00413. The van der Waals surface area contributed by atoms with Gasteiger partial charge in [-0.3, -0.25) is 0 Å². The van der Waals surface area contributed by atoms with Gasteiger partial charge in [-0.25, -0.2) is 14.6 Å². The molecule has 2 amide bonds. The maximum absolute atomic E-state index is 12.3. The van der Waals surface area contributed by atoms with E-state index in [1.807, 2.05) is 13.8 Å². The molecule has 1 aromatic rings. The fourth-order valence-electron chi connectivity index (χ4n) is 2.10. The summed E-state index contributed by atoms with van der Waals surface area (Å²) >= 11 is 1.23. The lowest BCUT2D eigenvalue weighted by molar-refractivity contribution is -0.0320. The van der Waals surface area contributed by atoms with Crippen LogP contribution in [0, 0.1) is 0 Å². The SMILES string of the molecule is CC1CN(C(=O)NC(C)c2nc(C(=O)O)cs2)C(C)CO1. The van der Waals surface area contributed by atoms with Gasteiger partial charge in [0.25, 0.3) is 0 Å². The van der Waals surface area contributed by atoms with Gasteiger partial charge in [-0.05, 0) is 20.8 Å². The third-order valence-electron chi connectivity index (χ3n) is 3.32. The van der Waals surface area contributed by atoms with Gasteiger partial charge >= 0.3 is 12.0 Å². The van der Waals surface area contributed by atoms with Crippen molar-refractivity contribution < 1.29 is 19.4 Å². The molecule has 116 valence electrons. The quantitative estimate of drug-likeness (QED) is 0.886. The Morgan fingerprint density at radius 1 is 1.57 bits per heavy atom. The summed E-state index contributed by atoms with van der Waals surface area (Å²) in [7, 11) is 0. The first kappa shape index (κ1) is 15.7. The van der Waals surface area contributed by atoms with Gasteiger partial charge < -0.3 is 20.1 Å². The lowest BCUT2D eigenvalue weighted by Gasteiger charge is -2.37. The number of nitrogens with zero attached hydrogens (tertiary/aromatic N) is 2. The predicted molar refractivity (Wildman–Crippen MR) is 77.6 cm³/mol. The predicted octanol–water partition coefficient (Wildman–Crippen LogP) is 1.72. The summed E-state index contributed by atoms with van der Waals surface area (Å²) in [6.45, 7) is 6.70. The van der Waals surface area contributed by atoms with Crippen LogP contribution in [0.5, 0.6) is 0 Å². The highest BCUT2D eigenvalue weighted by Crippen LogP contribution is 2.19. The van der Waals surface area contributed by atoms with Crippen LogP contribution in [0.15, 0.2) is 5.38 Å². The van der Waals surface area contributed by atoms with Gasteiger partial charge in [0.15, 0.2) is 5.69 Å². The Morgan fingerprint density at radius 2 is 2.29 bits per heavy atom. The number of morpholine rings is 1. The number of thiazole rings is 1. The normalized spacial score (nSPS) is 23.7. The number of carboxylic acid groups (broad SMARTS) is 1.